The number of benzene rings is 1. The molecule has 1 fully saturated rings. The Hall–Kier alpha value is -2.37. The number of aromatic nitrogens is 1. The van der Waals surface area contributed by atoms with Gasteiger partial charge in [-0.1, -0.05) is 36.9 Å². The fourth-order valence-corrected chi connectivity index (χ4v) is 4.29. The molecule has 0 radical (unpaired) electrons. The molecule has 5 heteroatoms. The van der Waals surface area contributed by atoms with Gasteiger partial charge in [0.2, 0.25) is 0 Å². The molecule has 3 rings (SSSR count). The van der Waals surface area contributed by atoms with E-state index >= 15 is 0 Å². The molecule has 1 aromatic heterocycles. The summed E-state index contributed by atoms with van der Waals surface area (Å²) < 4.78 is 0. The van der Waals surface area contributed by atoms with Crippen molar-refractivity contribution in [2.45, 2.75) is 26.7 Å². The number of rotatable bonds is 7. The van der Waals surface area contributed by atoms with Gasteiger partial charge >= 0.3 is 0 Å². The summed E-state index contributed by atoms with van der Waals surface area (Å²) in [6, 6.07) is 8.42. The highest BCUT2D eigenvalue weighted by atomic mass is 32.1. The SMILES string of the molecule is C=C(Nc1ccccc1N1CCCC(CN)C1)c1csc(/C(C)=C/C=C\C)n1. The highest BCUT2D eigenvalue weighted by Crippen LogP contribution is 2.32. The second-order valence-electron chi connectivity index (χ2n) is 7.22. The average molecular weight is 395 g/mol. The van der Waals surface area contributed by atoms with Crippen molar-refractivity contribution in [3.8, 4) is 0 Å². The first-order valence-corrected chi connectivity index (χ1v) is 10.8. The summed E-state index contributed by atoms with van der Waals surface area (Å²) in [5.41, 5.74) is 11.1. The van der Waals surface area contributed by atoms with Gasteiger partial charge in [-0.2, -0.15) is 0 Å². The Balaban J connectivity index is 1.76. The minimum atomic E-state index is 0.568. The number of hydrogen-bond donors (Lipinski definition) is 2. The Kier molecular flexibility index (Phi) is 7.06. The third-order valence-corrected chi connectivity index (χ3v) is 6.05. The number of piperidine rings is 1. The maximum absolute atomic E-state index is 5.92. The van der Waals surface area contributed by atoms with Gasteiger partial charge in [0.1, 0.15) is 5.01 Å². The first-order chi connectivity index (χ1) is 13.6. The number of hydrogen-bond acceptors (Lipinski definition) is 5. The maximum Gasteiger partial charge on any atom is 0.119 e. The van der Waals surface area contributed by atoms with Gasteiger partial charge in [-0.3, -0.25) is 0 Å². The van der Waals surface area contributed by atoms with E-state index in [0.717, 1.165) is 47.3 Å². The summed E-state index contributed by atoms with van der Waals surface area (Å²) in [6.07, 6.45) is 8.54. The van der Waals surface area contributed by atoms with Crippen LogP contribution in [0.25, 0.3) is 11.3 Å². The Morgan fingerprint density at radius 1 is 1.43 bits per heavy atom. The molecule has 148 valence electrons. The van der Waals surface area contributed by atoms with Crippen molar-refractivity contribution in [2.75, 3.05) is 29.9 Å². The van der Waals surface area contributed by atoms with Gasteiger partial charge in [-0.25, -0.2) is 4.98 Å². The fourth-order valence-electron chi connectivity index (χ4n) is 3.46. The van der Waals surface area contributed by atoms with Gasteiger partial charge in [0, 0.05) is 18.5 Å². The van der Waals surface area contributed by atoms with E-state index < -0.39 is 0 Å². The second-order valence-corrected chi connectivity index (χ2v) is 8.08. The van der Waals surface area contributed by atoms with Gasteiger partial charge in [-0.15, -0.1) is 11.3 Å². The Labute approximate surface area is 172 Å². The quantitative estimate of drug-likeness (QED) is 0.619. The second kappa shape index (κ2) is 9.71. The van der Waals surface area contributed by atoms with Crippen molar-refractivity contribution >= 4 is 34.0 Å². The predicted octanol–water partition coefficient (Wildman–Crippen LogP) is 5.38. The average Bonchev–Trinajstić information content (AvgIpc) is 3.23. The van der Waals surface area contributed by atoms with Crippen LogP contribution in [0.1, 0.15) is 37.4 Å². The summed E-state index contributed by atoms with van der Waals surface area (Å²) in [6.45, 7) is 11.2. The number of allylic oxidation sites excluding steroid dienone is 4. The van der Waals surface area contributed by atoms with Crippen LogP contribution in [0.4, 0.5) is 11.4 Å². The Morgan fingerprint density at radius 3 is 3.04 bits per heavy atom. The van der Waals surface area contributed by atoms with Crippen LogP contribution >= 0.6 is 11.3 Å². The van der Waals surface area contributed by atoms with Crippen LogP contribution in [0.2, 0.25) is 0 Å². The normalized spacial score (nSPS) is 17.9. The number of nitrogens with two attached hydrogens (primary N) is 1. The number of para-hydroxylation sites is 2. The molecule has 1 aliphatic heterocycles. The smallest absolute Gasteiger partial charge is 0.119 e. The molecule has 2 aromatic rings. The predicted molar refractivity (Wildman–Crippen MR) is 124 cm³/mol. The number of nitrogens with zero attached hydrogens (tertiary/aromatic N) is 2. The number of nitrogens with one attached hydrogen (secondary N) is 1. The van der Waals surface area contributed by atoms with Crippen LogP contribution in [0, 0.1) is 5.92 Å². The minimum absolute atomic E-state index is 0.568. The van der Waals surface area contributed by atoms with Crippen LogP contribution in [-0.2, 0) is 0 Å². The van der Waals surface area contributed by atoms with E-state index in [9.17, 15) is 0 Å². The molecule has 0 bridgehead atoms. The Bertz CT molecular complexity index is 865. The molecule has 3 N–H and O–H groups in total. The molecule has 1 aromatic carbocycles. The van der Waals surface area contributed by atoms with E-state index in [1.165, 1.54) is 18.5 Å². The van der Waals surface area contributed by atoms with Crippen LogP contribution < -0.4 is 16.0 Å². The van der Waals surface area contributed by atoms with Crippen LogP contribution in [0.15, 0.2) is 54.5 Å². The summed E-state index contributed by atoms with van der Waals surface area (Å²) >= 11 is 1.64. The number of thiazole rings is 1. The molecule has 1 atom stereocenters. The molecule has 0 saturated carbocycles. The third kappa shape index (κ3) is 4.91. The Morgan fingerprint density at radius 2 is 2.25 bits per heavy atom. The molecule has 1 unspecified atom stereocenters. The summed E-state index contributed by atoms with van der Waals surface area (Å²) in [7, 11) is 0. The minimum Gasteiger partial charge on any atom is -0.370 e. The lowest BCUT2D eigenvalue weighted by Gasteiger charge is -2.35. The molecule has 0 spiro atoms. The largest absolute Gasteiger partial charge is 0.370 e. The third-order valence-electron chi connectivity index (χ3n) is 5.07. The molecule has 1 aliphatic rings. The zero-order valence-electron chi connectivity index (χ0n) is 16.8. The standard InChI is InChI=1S/C23H30N4S/c1-4-5-9-17(2)23-26-21(16-28-23)18(3)25-20-11-6-7-12-22(20)27-13-8-10-19(14-24)15-27/h4-7,9,11-12,16,19,25H,3,8,10,13-15,24H2,1-2H3/b5-4-,17-9+. The van der Waals surface area contributed by atoms with E-state index in [1.807, 2.05) is 19.1 Å². The van der Waals surface area contributed by atoms with Gasteiger partial charge < -0.3 is 16.0 Å². The summed E-state index contributed by atoms with van der Waals surface area (Å²) in [5.74, 6) is 0.568. The van der Waals surface area contributed by atoms with Gasteiger partial charge in [0.15, 0.2) is 0 Å². The first kappa shape index (κ1) is 20.4. The monoisotopic (exact) mass is 394 g/mol. The lowest BCUT2D eigenvalue weighted by molar-refractivity contribution is 0.424. The highest BCUT2D eigenvalue weighted by molar-refractivity contribution is 7.10. The molecule has 4 nitrogen and oxygen atoms in total. The molecule has 28 heavy (non-hydrogen) atoms. The molecular weight excluding hydrogens is 364 g/mol. The van der Waals surface area contributed by atoms with Crippen LogP contribution in [-0.4, -0.2) is 24.6 Å². The van der Waals surface area contributed by atoms with E-state index in [4.69, 9.17) is 10.7 Å². The fraction of sp³-hybridized carbons (Fsp3) is 0.348. The van der Waals surface area contributed by atoms with E-state index in [1.54, 1.807) is 11.3 Å². The molecule has 0 amide bonds. The van der Waals surface area contributed by atoms with Crippen LogP contribution in [0.5, 0.6) is 0 Å². The zero-order valence-corrected chi connectivity index (χ0v) is 17.6. The first-order valence-electron chi connectivity index (χ1n) is 9.88. The maximum atomic E-state index is 5.92. The van der Waals surface area contributed by atoms with Crippen molar-refractivity contribution in [2.24, 2.45) is 11.7 Å². The lowest BCUT2D eigenvalue weighted by atomic mass is 9.97. The van der Waals surface area contributed by atoms with Crippen molar-refractivity contribution in [3.05, 3.63) is 65.2 Å². The van der Waals surface area contributed by atoms with Crippen molar-refractivity contribution in [1.82, 2.24) is 4.98 Å². The van der Waals surface area contributed by atoms with Crippen molar-refractivity contribution in [1.29, 1.82) is 0 Å². The summed E-state index contributed by atoms with van der Waals surface area (Å²) in [4.78, 5) is 7.19. The lowest BCUT2D eigenvalue weighted by Crippen LogP contribution is -2.38. The van der Waals surface area contributed by atoms with Gasteiger partial charge in [0.25, 0.3) is 0 Å². The molecule has 2 heterocycles. The molecular formula is C23H30N4S. The van der Waals surface area contributed by atoms with E-state index in [2.05, 4.69) is 59.4 Å². The van der Waals surface area contributed by atoms with Gasteiger partial charge in [-0.05, 0) is 56.9 Å². The topological polar surface area (TPSA) is 54.2 Å². The van der Waals surface area contributed by atoms with Gasteiger partial charge in [0.05, 0.1) is 22.8 Å². The number of anilines is 2. The molecule has 1 saturated heterocycles. The summed E-state index contributed by atoms with van der Waals surface area (Å²) in [5, 5.41) is 6.58. The van der Waals surface area contributed by atoms with E-state index in [0.29, 0.717) is 5.92 Å². The van der Waals surface area contributed by atoms with Crippen molar-refractivity contribution in [3.63, 3.8) is 0 Å². The van der Waals surface area contributed by atoms with Crippen LogP contribution in [0.3, 0.4) is 0 Å². The van der Waals surface area contributed by atoms with E-state index in [-0.39, 0.29) is 0 Å². The zero-order chi connectivity index (χ0) is 19.9. The molecule has 0 aliphatic carbocycles. The van der Waals surface area contributed by atoms with Crippen molar-refractivity contribution < 1.29 is 0 Å². The highest BCUT2D eigenvalue weighted by Gasteiger charge is 2.21.